The van der Waals surface area contributed by atoms with E-state index in [4.69, 9.17) is 0 Å². The molecule has 0 atom stereocenters. The fourth-order valence-electron chi connectivity index (χ4n) is 3.00. The maximum atomic E-state index is 4.65. The molecule has 0 aromatic carbocycles. The first kappa shape index (κ1) is 23.0. The van der Waals surface area contributed by atoms with Gasteiger partial charge in [0.2, 0.25) is 0 Å². The summed E-state index contributed by atoms with van der Waals surface area (Å²) in [5.41, 5.74) is 4.81. The van der Waals surface area contributed by atoms with Gasteiger partial charge in [-0.15, -0.1) is 0 Å². The van der Waals surface area contributed by atoms with E-state index in [1.807, 2.05) is 12.4 Å². The molecule has 0 aliphatic rings. The van der Waals surface area contributed by atoms with Crippen molar-refractivity contribution < 1.29 is 0 Å². The Kier molecular flexibility index (Phi) is 6.47. The summed E-state index contributed by atoms with van der Waals surface area (Å²) in [5, 5.41) is 0.773. The molecule has 2 heterocycles. The molecular formula is C24H40N2Si2. The predicted octanol–water partition coefficient (Wildman–Crippen LogP) is 7.32. The summed E-state index contributed by atoms with van der Waals surface area (Å²) < 4.78 is 0. The van der Waals surface area contributed by atoms with Gasteiger partial charge >= 0.3 is 0 Å². The lowest BCUT2D eigenvalue weighted by atomic mass is 10.1. The maximum Gasteiger partial charge on any atom is 0.0888 e. The van der Waals surface area contributed by atoms with Crippen LogP contribution in [0.1, 0.15) is 52.7 Å². The minimum atomic E-state index is -1.38. The molecule has 154 valence electrons. The third kappa shape index (κ3) is 5.41. The fourth-order valence-corrected chi connectivity index (χ4v) is 6.54. The van der Waals surface area contributed by atoms with Crippen LogP contribution in [0.3, 0.4) is 0 Å². The highest BCUT2D eigenvalue weighted by molar-refractivity contribution is 6.80. The quantitative estimate of drug-likeness (QED) is 0.481. The van der Waals surface area contributed by atoms with Gasteiger partial charge in [-0.05, 0) is 57.6 Å². The molecule has 0 bridgehead atoms. The number of rotatable bonds is 5. The van der Waals surface area contributed by atoms with Gasteiger partial charge < -0.3 is 0 Å². The summed E-state index contributed by atoms with van der Waals surface area (Å²) in [6.45, 7) is 24.3. The molecule has 0 aliphatic heterocycles. The Bertz CT molecular complexity index is 742. The standard InChI is InChI=1S/C24H40N2Si2/c1-23(2,3)27(7,8)17-19-11-13-25-21(15-19)22-16-20(12-14-26-22)18-28(9,10)24(4,5)6/h11-16H,17-18H2,1-10H3. The summed E-state index contributed by atoms with van der Waals surface area (Å²) in [6, 6.07) is 11.2. The smallest absolute Gasteiger partial charge is 0.0888 e. The minimum Gasteiger partial charge on any atom is -0.255 e. The van der Waals surface area contributed by atoms with Crippen LogP contribution >= 0.6 is 0 Å². The number of nitrogens with zero attached hydrogens (tertiary/aromatic N) is 2. The Balaban J connectivity index is 2.30. The highest BCUT2D eigenvalue weighted by Gasteiger charge is 2.36. The summed E-state index contributed by atoms with van der Waals surface area (Å²) in [5.74, 6) is 0. The van der Waals surface area contributed by atoms with Crippen molar-refractivity contribution >= 4 is 16.1 Å². The van der Waals surface area contributed by atoms with E-state index in [-0.39, 0.29) is 0 Å². The Labute approximate surface area is 175 Å². The van der Waals surface area contributed by atoms with Gasteiger partial charge in [0.15, 0.2) is 0 Å². The SMILES string of the molecule is CC(C)(C)[Si](C)(C)Cc1ccnc(-c2cc(C[Si](C)(C)C(C)(C)C)ccn2)c1. The molecular weight excluding hydrogens is 372 g/mol. The molecule has 2 nitrogen and oxygen atoms in total. The summed E-state index contributed by atoms with van der Waals surface area (Å²) >= 11 is 0. The van der Waals surface area contributed by atoms with E-state index in [2.05, 4.69) is 102 Å². The first-order valence-electron chi connectivity index (χ1n) is 10.5. The Hall–Kier alpha value is -1.27. The van der Waals surface area contributed by atoms with Crippen LogP contribution in [-0.2, 0) is 12.1 Å². The highest BCUT2D eigenvalue weighted by Crippen LogP contribution is 2.39. The van der Waals surface area contributed by atoms with Gasteiger partial charge in [-0.2, -0.15) is 0 Å². The molecule has 0 unspecified atom stereocenters. The molecule has 0 amide bonds. The normalized spacial score (nSPS) is 13.6. The van der Waals surface area contributed by atoms with Crippen molar-refractivity contribution in [2.24, 2.45) is 0 Å². The van der Waals surface area contributed by atoms with Crippen LogP contribution in [0.15, 0.2) is 36.7 Å². The maximum absolute atomic E-state index is 4.65. The van der Waals surface area contributed by atoms with E-state index in [9.17, 15) is 0 Å². The molecule has 0 radical (unpaired) electrons. The summed E-state index contributed by atoms with van der Waals surface area (Å²) in [6.07, 6.45) is 3.92. The topological polar surface area (TPSA) is 25.8 Å². The molecule has 2 aromatic heterocycles. The Morgan fingerprint density at radius 2 is 0.964 bits per heavy atom. The average Bonchev–Trinajstić information content (AvgIpc) is 2.52. The zero-order valence-corrected chi connectivity index (χ0v) is 21.8. The largest absolute Gasteiger partial charge is 0.255 e. The number of hydrogen-bond donors (Lipinski definition) is 0. The molecule has 0 saturated heterocycles. The van der Waals surface area contributed by atoms with E-state index in [0.29, 0.717) is 10.1 Å². The second-order valence-electron chi connectivity index (χ2n) is 11.7. The van der Waals surface area contributed by atoms with Crippen LogP contribution in [0.4, 0.5) is 0 Å². The van der Waals surface area contributed by atoms with Crippen LogP contribution in [0, 0.1) is 0 Å². The Morgan fingerprint density at radius 3 is 1.25 bits per heavy atom. The van der Waals surface area contributed by atoms with Crippen molar-refractivity contribution in [3.8, 4) is 11.4 Å². The molecule has 0 saturated carbocycles. The van der Waals surface area contributed by atoms with E-state index in [0.717, 1.165) is 11.4 Å². The van der Waals surface area contributed by atoms with Gasteiger partial charge in [-0.1, -0.05) is 67.7 Å². The summed E-state index contributed by atoms with van der Waals surface area (Å²) in [4.78, 5) is 9.30. The van der Waals surface area contributed by atoms with E-state index < -0.39 is 16.1 Å². The van der Waals surface area contributed by atoms with Crippen LogP contribution in [0.25, 0.3) is 11.4 Å². The van der Waals surface area contributed by atoms with Gasteiger partial charge in [-0.3, -0.25) is 9.97 Å². The molecule has 0 aliphatic carbocycles. The monoisotopic (exact) mass is 412 g/mol. The Morgan fingerprint density at radius 1 is 0.643 bits per heavy atom. The molecule has 2 rings (SSSR count). The molecule has 2 aromatic rings. The van der Waals surface area contributed by atoms with Crippen molar-refractivity contribution in [2.45, 2.75) is 89.9 Å². The molecule has 28 heavy (non-hydrogen) atoms. The fraction of sp³-hybridized carbons (Fsp3) is 0.583. The van der Waals surface area contributed by atoms with Gasteiger partial charge in [0, 0.05) is 12.4 Å². The molecule has 0 spiro atoms. The molecule has 0 fully saturated rings. The van der Waals surface area contributed by atoms with Crippen molar-refractivity contribution in [1.29, 1.82) is 0 Å². The predicted molar refractivity (Wildman–Crippen MR) is 129 cm³/mol. The van der Waals surface area contributed by atoms with Crippen LogP contribution < -0.4 is 0 Å². The van der Waals surface area contributed by atoms with E-state index in [1.165, 1.54) is 23.2 Å². The third-order valence-electron chi connectivity index (χ3n) is 7.26. The van der Waals surface area contributed by atoms with Crippen LogP contribution in [-0.4, -0.2) is 26.1 Å². The minimum absolute atomic E-state index is 0.387. The summed E-state index contributed by atoms with van der Waals surface area (Å²) in [7, 11) is -2.75. The number of pyridine rings is 2. The van der Waals surface area contributed by atoms with Crippen molar-refractivity contribution in [1.82, 2.24) is 9.97 Å². The van der Waals surface area contributed by atoms with Crippen molar-refractivity contribution in [3.63, 3.8) is 0 Å². The van der Waals surface area contributed by atoms with E-state index >= 15 is 0 Å². The van der Waals surface area contributed by atoms with Gasteiger partial charge in [-0.25, -0.2) is 0 Å². The zero-order valence-electron chi connectivity index (χ0n) is 19.8. The van der Waals surface area contributed by atoms with Crippen LogP contribution in [0.2, 0.25) is 36.3 Å². The lowest BCUT2D eigenvalue weighted by molar-refractivity contribution is 0.713. The van der Waals surface area contributed by atoms with Gasteiger partial charge in [0.1, 0.15) is 0 Å². The van der Waals surface area contributed by atoms with Gasteiger partial charge in [0.05, 0.1) is 27.5 Å². The first-order valence-corrected chi connectivity index (χ1v) is 16.9. The lowest BCUT2D eigenvalue weighted by Crippen LogP contribution is -2.40. The molecule has 0 N–H and O–H groups in total. The number of hydrogen-bond acceptors (Lipinski definition) is 2. The second kappa shape index (κ2) is 7.87. The van der Waals surface area contributed by atoms with E-state index in [1.54, 1.807) is 0 Å². The lowest BCUT2D eigenvalue weighted by Gasteiger charge is -2.37. The third-order valence-corrected chi connectivity index (χ3v) is 18.0. The van der Waals surface area contributed by atoms with Crippen molar-refractivity contribution in [3.05, 3.63) is 47.8 Å². The average molecular weight is 413 g/mol. The van der Waals surface area contributed by atoms with Crippen molar-refractivity contribution in [2.75, 3.05) is 0 Å². The first-order chi connectivity index (χ1) is 12.6. The second-order valence-corrected chi connectivity index (χ2v) is 23.0. The number of aromatic nitrogens is 2. The highest BCUT2D eigenvalue weighted by atomic mass is 28.3. The van der Waals surface area contributed by atoms with Gasteiger partial charge in [0.25, 0.3) is 0 Å². The zero-order chi connectivity index (χ0) is 21.4. The molecule has 4 heteroatoms. The van der Waals surface area contributed by atoms with Crippen LogP contribution in [0.5, 0.6) is 0 Å².